The standard InChI is InChI=1S/C10H18.C9H17B/c1-2-6-10-8-4-3-7-9(10)5-1;1-2-6-9-8(4-1)5-3-7-10-9/h9-10H,1-8H2;8-10H,1-7H2. The van der Waals surface area contributed by atoms with Gasteiger partial charge in [-0.15, -0.1) is 0 Å². The van der Waals surface area contributed by atoms with Crippen molar-refractivity contribution in [1.29, 1.82) is 0 Å². The first-order valence-corrected chi connectivity index (χ1v) is 9.93. The highest BCUT2D eigenvalue weighted by molar-refractivity contribution is 6.38. The summed E-state index contributed by atoms with van der Waals surface area (Å²) in [6, 6.07) is 0. The number of hydrogen-bond donors (Lipinski definition) is 0. The van der Waals surface area contributed by atoms with Gasteiger partial charge in [-0.1, -0.05) is 102 Å². The van der Waals surface area contributed by atoms with Crippen molar-refractivity contribution in [2.24, 2.45) is 17.8 Å². The van der Waals surface area contributed by atoms with Gasteiger partial charge in [-0.05, 0) is 17.8 Å². The third-order valence-electron chi connectivity index (χ3n) is 6.93. The van der Waals surface area contributed by atoms with E-state index in [0.717, 1.165) is 23.6 Å². The summed E-state index contributed by atoms with van der Waals surface area (Å²) in [4.78, 5) is 0. The van der Waals surface area contributed by atoms with Crippen LogP contribution in [0, 0.1) is 17.8 Å². The molecule has 0 radical (unpaired) electrons. The summed E-state index contributed by atoms with van der Waals surface area (Å²) in [5.74, 6) is 4.62. The lowest BCUT2D eigenvalue weighted by Crippen LogP contribution is -2.23. The molecule has 0 aromatic rings. The molecule has 0 amide bonds. The van der Waals surface area contributed by atoms with E-state index in [1.165, 1.54) is 51.3 Å². The summed E-state index contributed by atoms with van der Waals surface area (Å²) < 4.78 is 0. The number of fused-ring (bicyclic) bond motifs is 2. The van der Waals surface area contributed by atoms with Crippen LogP contribution >= 0.6 is 0 Å². The Morgan fingerprint density at radius 3 is 1.45 bits per heavy atom. The normalized spacial score (nSPS) is 40.4. The Bertz CT molecular complexity index is 195. The van der Waals surface area contributed by atoms with Gasteiger partial charge in [0, 0.05) is 0 Å². The molecule has 114 valence electrons. The molecule has 3 saturated carbocycles. The monoisotopic (exact) mass is 274 g/mol. The molecular weight excluding hydrogens is 239 g/mol. The number of hydrogen-bond acceptors (Lipinski definition) is 0. The first-order valence-electron chi connectivity index (χ1n) is 9.93. The van der Waals surface area contributed by atoms with E-state index in [0.29, 0.717) is 0 Å². The van der Waals surface area contributed by atoms with Gasteiger partial charge < -0.3 is 0 Å². The minimum absolute atomic E-state index is 1.16. The van der Waals surface area contributed by atoms with Crippen molar-refractivity contribution in [3.63, 3.8) is 0 Å². The Hall–Kier alpha value is 0.0649. The van der Waals surface area contributed by atoms with E-state index in [4.69, 9.17) is 0 Å². The summed E-state index contributed by atoms with van der Waals surface area (Å²) in [6.45, 7) is 0. The van der Waals surface area contributed by atoms with E-state index in [1.807, 2.05) is 0 Å². The van der Waals surface area contributed by atoms with Crippen molar-refractivity contribution in [3.8, 4) is 0 Å². The van der Waals surface area contributed by atoms with Crippen LogP contribution in [0.3, 0.4) is 0 Å². The predicted octanol–water partition coefficient (Wildman–Crippen LogP) is 5.98. The Morgan fingerprint density at radius 2 is 0.900 bits per heavy atom. The first-order chi connectivity index (χ1) is 9.93. The second kappa shape index (κ2) is 7.90. The molecule has 4 fully saturated rings. The third kappa shape index (κ3) is 4.04. The van der Waals surface area contributed by atoms with Gasteiger partial charge in [-0.2, -0.15) is 0 Å². The summed E-state index contributed by atoms with van der Waals surface area (Å²) in [6.07, 6.45) is 23.2. The van der Waals surface area contributed by atoms with E-state index in [1.54, 1.807) is 52.2 Å². The van der Waals surface area contributed by atoms with Gasteiger partial charge in [-0.25, -0.2) is 0 Å². The summed E-state index contributed by atoms with van der Waals surface area (Å²) in [5, 5.41) is 0. The maximum Gasteiger partial charge on any atom is 0.124 e. The van der Waals surface area contributed by atoms with Crippen molar-refractivity contribution in [3.05, 3.63) is 0 Å². The fourth-order valence-electron chi connectivity index (χ4n) is 5.72. The van der Waals surface area contributed by atoms with Gasteiger partial charge in [0.25, 0.3) is 0 Å². The minimum Gasteiger partial charge on any atom is -0.0772 e. The molecule has 3 aliphatic carbocycles. The zero-order valence-electron chi connectivity index (χ0n) is 13.6. The molecule has 0 nitrogen and oxygen atoms in total. The molecule has 0 aromatic carbocycles. The van der Waals surface area contributed by atoms with Crippen molar-refractivity contribution >= 4 is 7.28 Å². The molecule has 20 heavy (non-hydrogen) atoms. The van der Waals surface area contributed by atoms with Crippen LogP contribution in [0.4, 0.5) is 0 Å². The highest BCUT2D eigenvalue weighted by Gasteiger charge is 2.28. The smallest absolute Gasteiger partial charge is 0.0772 e. The first kappa shape index (κ1) is 15.0. The molecular formula is C19H35B. The lowest BCUT2D eigenvalue weighted by molar-refractivity contribution is 0.171. The molecule has 2 unspecified atom stereocenters. The zero-order valence-corrected chi connectivity index (χ0v) is 13.6. The molecule has 1 heterocycles. The summed E-state index contributed by atoms with van der Waals surface area (Å²) >= 11 is 0. The quantitative estimate of drug-likeness (QED) is 0.476. The molecule has 0 aromatic heterocycles. The summed E-state index contributed by atoms with van der Waals surface area (Å²) in [7, 11) is 1.56. The van der Waals surface area contributed by atoms with Crippen LogP contribution in [-0.2, 0) is 0 Å². The van der Waals surface area contributed by atoms with E-state index >= 15 is 0 Å². The molecule has 4 aliphatic rings. The highest BCUT2D eigenvalue weighted by atomic mass is 14.3. The largest absolute Gasteiger partial charge is 0.124 e. The topological polar surface area (TPSA) is 0 Å². The van der Waals surface area contributed by atoms with Crippen molar-refractivity contribution in [2.75, 3.05) is 0 Å². The van der Waals surface area contributed by atoms with Crippen LogP contribution < -0.4 is 0 Å². The Balaban J connectivity index is 0.000000121. The second-order valence-electron chi connectivity index (χ2n) is 8.18. The maximum atomic E-state index is 1.56. The van der Waals surface area contributed by atoms with Crippen molar-refractivity contribution in [2.45, 2.75) is 102 Å². The fourth-order valence-corrected chi connectivity index (χ4v) is 5.72. The van der Waals surface area contributed by atoms with Crippen molar-refractivity contribution < 1.29 is 0 Å². The van der Waals surface area contributed by atoms with Gasteiger partial charge in [0.05, 0.1) is 0 Å². The van der Waals surface area contributed by atoms with Gasteiger partial charge >= 0.3 is 0 Å². The predicted molar refractivity (Wildman–Crippen MR) is 90.8 cm³/mol. The van der Waals surface area contributed by atoms with Gasteiger partial charge in [0.1, 0.15) is 7.28 Å². The van der Waals surface area contributed by atoms with Crippen molar-refractivity contribution in [1.82, 2.24) is 0 Å². The average Bonchev–Trinajstić information content (AvgIpc) is 2.56. The van der Waals surface area contributed by atoms with Crippen LogP contribution in [0.15, 0.2) is 0 Å². The molecule has 1 aliphatic heterocycles. The van der Waals surface area contributed by atoms with Crippen LogP contribution in [0.5, 0.6) is 0 Å². The van der Waals surface area contributed by atoms with Crippen LogP contribution in [0.25, 0.3) is 0 Å². The van der Waals surface area contributed by atoms with Gasteiger partial charge in [-0.3, -0.25) is 0 Å². The lowest BCUT2D eigenvalue weighted by Gasteiger charge is -2.35. The maximum absolute atomic E-state index is 1.56. The molecule has 0 bridgehead atoms. The third-order valence-corrected chi connectivity index (χ3v) is 6.93. The Morgan fingerprint density at radius 1 is 0.450 bits per heavy atom. The van der Waals surface area contributed by atoms with E-state index in [9.17, 15) is 0 Å². The lowest BCUT2D eigenvalue weighted by atomic mass is 9.48. The van der Waals surface area contributed by atoms with Gasteiger partial charge in [0.15, 0.2) is 0 Å². The van der Waals surface area contributed by atoms with E-state index in [2.05, 4.69) is 0 Å². The molecule has 1 heteroatoms. The Labute approximate surface area is 127 Å². The number of rotatable bonds is 0. The average molecular weight is 274 g/mol. The molecule has 2 atom stereocenters. The highest BCUT2D eigenvalue weighted by Crippen LogP contribution is 2.41. The molecule has 0 spiro atoms. The molecule has 0 N–H and O–H groups in total. The summed E-state index contributed by atoms with van der Waals surface area (Å²) in [5.41, 5.74) is 0. The van der Waals surface area contributed by atoms with E-state index in [-0.39, 0.29) is 0 Å². The van der Waals surface area contributed by atoms with E-state index < -0.39 is 0 Å². The van der Waals surface area contributed by atoms with Crippen LogP contribution in [0.1, 0.15) is 89.9 Å². The van der Waals surface area contributed by atoms with Crippen LogP contribution in [-0.4, -0.2) is 7.28 Å². The molecule has 1 saturated heterocycles. The second-order valence-corrected chi connectivity index (χ2v) is 8.18. The van der Waals surface area contributed by atoms with Crippen LogP contribution in [0.2, 0.25) is 12.1 Å². The molecule has 4 rings (SSSR count). The van der Waals surface area contributed by atoms with Gasteiger partial charge in [0.2, 0.25) is 0 Å². The SMILES string of the molecule is B1CCCC2CCCCC12.C1CCC2CCCCC2C1. The zero-order chi connectivity index (χ0) is 13.6. The Kier molecular flexibility index (Phi) is 5.92. The minimum atomic E-state index is 1.16. The fraction of sp³-hybridized carbons (Fsp3) is 1.00.